The first-order valence-corrected chi connectivity index (χ1v) is 4.53. The minimum Gasteiger partial charge on any atom is -0.477 e. The second kappa shape index (κ2) is 3.54. The van der Waals surface area contributed by atoms with Crippen molar-refractivity contribution in [1.82, 2.24) is 0 Å². The molecule has 1 N–H and O–H groups in total. The van der Waals surface area contributed by atoms with Gasteiger partial charge in [-0.3, -0.25) is 0 Å². The summed E-state index contributed by atoms with van der Waals surface area (Å²) in [6, 6.07) is 1.87. The SMILES string of the molecule is N#CC1=CC2C=CCC=C2C(C(=O)O)=N1. The van der Waals surface area contributed by atoms with E-state index in [1.165, 1.54) is 0 Å². The van der Waals surface area contributed by atoms with Gasteiger partial charge in [0, 0.05) is 5.92 Å². The monoisotopic (exact) mass is 200 g/mol. The van der Waals surface area contributed by atoms with E-state index in [9.17, 15) is 4.79 Å². The highest BCUT2D eigenvalue weighted by molar-refractivity contribution is 6.43. The zero-order valence-electron chi connectivity index (χ0n) is 7.84. The summed E-state index contributed by atoms with van der Waals surface area (Å²) in [5, 5.41) is 17.7. The van der Waals surface area contributed by atoms with E-state index in [0.717, 1.165) is 0 Å². The van der Waals surface area contributed by atoms with Crippen molar-refractivity contribution in [3.8, 4) is 6.07 Å². The maximum absolute atomic E-state index is 10.9. The summed E-state index contributed by atoms with van der Waals surface area (Å²) in [6.45, 7) is 0. The molecule has 4 nitrogen and oxygen atoms in total. The molecule has 0 aromatic heterocycles. The molecule has 2 rings (SSSR count). The highest BCUT2D eigenvalue weighted by Crippen LogP contribution is 2.27. The maximum Gasteiger partial charge on any atom is 0.354 e. The molecule has 15 heavy (non-hydrogen) atoms. The van der Waals surface area contributed by atoms with Crippen molar-refractivity contribution in [2.45, 2.75) is 6.42 Å². The summed E-state index contributed by atoms with van der Waals surface area (Å²) < 4.78 is 0. The minimum absolute atomic E-state index is 0.0107. The molecule has 0 bridgehead atoms. The van der Waals surface area contributed by atoms with Crippen LogP contribution in [0.1, 0.15) is 6.42 Å². The Morgan fingerprint density at radius 2 is 2.47 bits per heavy atom. The summed E-state index contributed by atoms with van der Waals surface area (Å²) in [5.74, 6) is -1.19. The Labute approximate surface area is 86.6 Å². The Hall–Kier alpha value is -2.15. The van der Waals surface area contributed by atoms with Crippen molar-refractivity contribution >= 4 is 11.7 Å². The smallest absolute Gasteiger partial charge is 0.354 e. The summed E-state index contributed by atoms with van der Waals surface area (Å²) in [4.78, 5) is 14.7. The lowest BCUT2D eigenvalue weighted by Crippen LogP contribution is -2.24. The molecular weight excluding hydrogens is 192 g/mol. The number of fused-ring (bicyclic) bond motifs is 1. The van der Waals surface area contributed by atoms with E-state index in [1.807, 2.05) is 24.3 Å². The molecule has 1 aliphatic carbocycles. The van der Waals surface area contributed by atoms with Crippen LogP contribution in [0.25, 0.3) is 0 Å². The number of carbonyl (C=O) groups is 1. The Morgan fingerprint density at radius 3 is 3.13 bits per heavy atom. The molecule has 0 aromatic rings. The summed E-state index contributed by atoms with van der Waals surface area (Å²) in [6.07, 6.45) is 8.07. The fraction of sp³-hybridized carbons (Fsp3) is 0.182. The van der Waals surface area contributed by atoms with Crippen molar-refractivity contribution in [3.63, 3.8) is 0 Å². The van der Waals surface area contributed by atoms with Crippen LogP contribution in [-0.4, -0.2) is 16.8 Å². The number of carboxylic acids is 1. The van der Waals surface area contributed by atoms with Gasteiger partial charge in [-0.15, -0.1) is 0 Å². The number of hydrogen-bond acceptors (Lipinski definition) is 3. The summed E-state index contributed by atoms with van der Waals surface area (Å²) >= 11 is 0. The van der Waals surface area contributed by atoms with Gasteiger partial charge in [0.1, 0.15) is 11.8 Å². The van der Waals surface area contributed by atoms with Crippen LogP contribution in [0.3, 0.4) is 0 Å². The lowest BCUT2D eigenvalue weighted by Gasteiger charge is -2.20. The fourth-order valence-electron chi connectivity index (χ4n) is 1.69. The van der Waals surface area contributed by atoms with E-state index in [2.05, 4.69) is 4.99 Å². The lowest BCUT2D eigenvalue weighted by atomic mass is 9.87. The van der Waals surface area contributed by atoms with Crippen LogP contribution in [0.4, 0.5) is 0 Å². The van der Waals surface area contributed by atoms with Crippen LogP contribution in [0.5, 0.6) is 0 Å². The highest BCUT2D eigenvalue weighted by atomic mass is 16.4. The molecular formula is C11H8N2O2. The van der Waals surface area contributed by atoms with Gasteiger partial charge in [0.2, 0.25) is 0 Å². The standard InChI is InChI=1S/C11H8N2O2/c12-6-8-5-7-3-1-2-4-9(7)10(13-8)11(14)15/h1,3-5,7H,2H2,(H,14,15). The van der Waals surface area contributed by atoms with E-state index < -0.39 is 5.97 Å². The van der Waals surface area contributed by atoms with Crippen molar-refractivity contribution < 1.29 is 9.90 Å². The Kier molecular flexibility index (Phi) is 2.22. The number of nitrogens with zero attached hydrogens (tertiary/aromatic N) is 2. The van der Waals surface area contributed by atoms with Crippen LogP contribution in [0.2, 0.25) is 0 Å². The third-order valence-electron chi connectivity index (χ3n) is 2.34. The average molecular weight is 200 g/mol. The van der Waals surface area contributed by atoms with Gasteiger partial charge in [0.25, 0.3) is 0 Å². The molecule has 1 aliphatic heterocycles. The molecule has 0 saturated heterocycles. The van der Waals surface area contributed by atoms with Gasteiger partial charge in [-0.05, 0) is 18.1 Å². The van der Waals surface area contributed by atoms with Crippen molar-refractivity contribution in [3.05, 3.63) is 35.6 Å². The first-order valence-electron chi connectivity index (χ1n) is 4.53. The van der Waals surface area contributed by atoms with Gasteiger partial charge in [-0.2, -0.15) is 5.26 Å². The van der Waals surface area contributed by atoms with Gasteiger partial charge in [0.15, 0.2) is 5.71 Å². The van der Waals surface area contributed by atoms with E-state index in [4.69, 9.17) is 10.4 Å². The van der Waals surface area contributed by atoms with Gasteiger partial charge in [-0.25, -0.2) is 9.79 Å². The lowest BCUT2D eigenvalue weighted by molar-refractivity contribution is -0.129. The Bertz CT molecular complexity index is 475. The second-order valence-electron chi connectivity index (χ2n) is 3.28. The van der Waals surface area contributed by atoms with Crippen molar-refractivity contribution in [1.29, 1.82) is 5.26 Å². The zero-order chi connectivity index (χ0) is 10.8. The molecule has 0 amide bonds. The van der Waals surface area contributed by atoms with Crippen LogP contribution in [0.15, 0.2) is 40.6 Å². The largest absolute Gasteiger partial charge is 0.477 e. The topological polar surface area (TPSA) is 73.5 Å². The highest BCUT2D eigenvalue weighted by Gasteiger charge is 2.26. The van der Waals surface area contributed by atoms with Gasteiger partial charge >= 0.3 is 5.97 Å². The van der Waals surface area contributed by atoms with E-state index in [-0.39, 0.29) is 17.3 Å². The summed E-state index contributed by atoms with van der Waals surface area (Å²) in [5.41, 5.74) is 0.841. The predicted molar refractivity (Wildman–Crippen MR) is 54.1 cm³/mol. The van der Waals surface area contributed by atoms with E-state index >= 15 is 0 Å². The number of hydrogen-bond donors (Lipinski definition) is 1. The fourth-order valence-corrected chi connectivity index (χ4v) is 1.69. The number of carboxylic acid groups (broad SMARTS) is 1. The quantitative estimate of drug-likeness (QED) is 0.651. The molecule has 0 radical (unpaired) electrons. The predicted octanol–water partition coefficient (Wildman–Crippen LogP) is 1.44. The molecule has 0 saturated carbocycles. The summed E-state index contributed by atoms with van der Waals surface area (Å²) in [7, 11) is 0. The molecule has 1 atom stereocenters. The third-order valence-corrected chi connectivity index (χ3v) is 2.34. The number of aliphatic imine (C=N–C) groups is 1. The average Bonchev–Trinajstić information content (AvgIpc) is 2.27. The first-order chi connectivity index (χ1) is 7.22. The molecule has 0 fully saturated rings. The van der Waals surface area contributed by atoms with Gasteiger partial charge < -0.3 is 5.11 Å². The van der Waals surface area contributed by atoms with Crippen LogP contribution in [-0.2, 0) is 4.79 Å². The zero-order valence-corrected chi connectivity index (χ0v) is 7.84. The Balaban J connectivity index is 2.49. The number of rotatable bonds is 1. The maximum atomic E-state index is 10.9. The van der Waals surface area contributed by atoms with E-state index in [1.54, 1.807) is 6.08 Å². The van der Waals surface area contributed by atoms with E-state index in [0.29, 0.717) is 12.0 Å². The van der Waals surface area contributed by atoms with Crippen molar-refractivity contribution in [2.75, 3.05) is 0 Å². The minimum atomic E-state index is -1.08. The van der Waals surface area contributed by atoms with Gasteiger partial charge in [0.05, 0.1) is 0 Å². The van der Waals surface area contributed by atoms with Gasteiger partial charge in [-0.1, -0.05) is 18.2 Å². The first kappa shape index (κ1) is 9.41. The normalized spacial score (nSPS) is 23.1. The third kappa shape index (κ3) is 1.59. The molecule has 2 aliphatic rings. The molecule has 1 heterocycles. The van der Waals surface area contributed by atoms with Crippen LogP contribution < -0.4 is 0 Å². The number of allylic oxidation sites excluding steroid dienone is 5. The van der Waals surface area contributed by atoms with Crippen LogP contribution >= 0.6 is 0 Å². The molecule has 1 unspecified atom stereocenters. The van der Waals surface area contributed by atoms with Crippen LogP contribution in [0, 0.1) is 17.2 Å². The molecule has 74 valence electrons. The number of aliphatic carboxylic acids is 1. The second-order valence-corrected chi connectivity index (χ2v) is 3.28. The molecule has 0 aromatic carbocycles. The number of nitriles is 1. The molecule has 0 spiro atoms. The van der Waals surface area contributed by atoms with Crippen molar-refractivity contribution in [2.24, 2.45) is 10.9 Å². The molecule has 4 heteroatoms. The Morgan fingerprint density at radius 1 is 1.67 bits per heavy atom.